The standard InChI is InChI=1S/C22H22N4O3S/c1-15-5-4-6-18(13-15)29-14-19-24-25-21(30-19)20(27)23-17-9-7-16(8-10-17)22(28)26-11-2-3-12-26/h4-10,13H,2-3,11-12,14H2,1H3,(H,23,27). The molecule has 4 rings (SSSR count). The molecule has 1 aliphatic heterocycles. The van der Waals surface area contributed by atoms with Crippen LogP contribution in [-0.2, 0) is 6.61 Å². The van der Waals surface area contributed by atoms with Gasteiger partial charge in [0.25, 0.3) is 11.8 Å². The highest BCUT2D eigenvalue weighted by Gasteiger charge is 2.19. The smallest absolute Gasteiger partial charge is 0.286 e. The number of rotatable bonds is 6. The van der Waals surface area contributed by atoms with Gasteiger partial charge in [0, 0.05) is 24.3 Å². The largest absolute Gasteiger partial charge is 0.486 e. The van der Waals surface area contributed by atoms with Crippen molar-refractivity contribution in [1.29, 1.82) is 0 Å². The summed E-state index contributed by atoms with van der Waals surface area (Å²) in [4.78, 5) is 26.7. The molecule has 1 saturated heterocycles. The van der Waals surface area contributed by atoms with Gasteiger partial charge in [-0.25, -0.2) is 0 Å². The van der Waals surface area contributed by atoms with Gasteiger partial charge in [0.15, 0.2) is 5.01 Å². The van der Waals surface area contributed by atoms with Gasteiger partial charge in [0.2, 0.25) is 5.01 Å². The maximum Gasteiger partial charge on any atom is 0.286 e. The Hall–Kier alpha value is -3.26. The van der Waals surface area contributed by atoms with Gasteiger partial charge in [0.1, 0.15) is 12.4 Å². The second kappa shape index (κ2) is 9.04. The number of aryl methyl sites for hydroxylation is 1. The third-order valence-corrected chi connectivity index (χ3v) is 5.69. The molecule has 2 aromatic carbocycles. The number of carbonyl (C=O) groups excluding carboxylic acids is 2. The molecule has 3 aromatic rings. The van der Waals surface area contributed by atoms with Crippen molar-refractivity contribution < 1.29 is 14.3 Å². The van der Waals surface area contributed by atoms with Gasteiger partial charge in [-0.05, 0) is 61.7 Å². The van der Waals surface area contributed by atoms with E-state index in [1.54, 1.807) is 24.3 Å². The highest BCUT2D eigenvalue weighted by molar-refractivity contribution is 7.13. The van der Waals surface area contributed by atoms with E-state index in [1.165, 1.54) is 11.3 Å². The van der Waals surface area contributed by atoms with Crippen molar-refractivity contribution in [2.45, 2.75) is 26.4 Å². The Kier molecular flexibility index (Phi) is 6.04. The summed E-state index contributed by atoms with van der Waals surface area (Å²) >= 11 is 1.19. The molecule has 2 amide bonds. The Labute approximate surface area is 178 Å². The van der Waals surface area contributed by atoms with Crippen LogP contribution in [-0.4, -0.2) is 40.0 Å². The molecule has 0 spiro atoms. The van der Waals surface area contributed by atoms with Crippen LogP contribution in [0.15, 0.2) is 48.5 Å². The number of aromatic nitrogens is 2. The topological polar surface area (TPSA) is 84.4 Å². The zero-order chi connectivity index (χ0) is 20.9. The number of amides is 2. The van der Waals surface area contributed by atoms with Crippen LogP contribution in [0.4, 0.5) is 5.69 Å². The van der Waals surface area contributed by atoms with Crippen LogP contribution in [0.5, 0.6) is 5.75 Å². The van der Waals surface area contributed by atoms with Gasteiger partial charge in [-0.15, -0.1) is 10.2 Å². The number of hydrogen-bond acceptors (Lipinski definition) is 6. The van der Waals surface area contributed by atoms with Crippen LogP contribution in [0.1, 0.15) is 43.6 Å². The summed E-state index contributed by atoms with van der Waals surface area (Å²) < 4.78 is 5.70. The molecule has 1 fully saturated rings. The van der Waals surface area contributed by atoms with Crippen LogP contribution in [0.25, 0.3) is 0 Å². The highest BCUT2D eigenvalue weighted by Crippen LogP contribution is 2.19. The number of anilines is 1. The molecular formula is C22H22N4O3S. The van der Waals surface area contributed by atoms with E-state index in [-0.39, 0.29) is 23.4 Å². The summed E-state index contributed by atoms with van der Waals surface area (Å²) in [5.41, 5.74) is 2.34. The molecule has 1 N–H and O–H groups in total. The maximum absolute atomic E-state index is 12.5. The minimum absolute atomic E-state index is 0.0350. The lowest BCUT2D eigenvalue weighted by molar-refractivity contribution is 0.0792. The number of carbonyl (C=O) groups is 2. The van der Waals surface area contributed by atoms with Crippen molar-refractivity contribution in [2.75, 3.05) is 18.4 Å². The molecule has 2 heterocycles. The number of ether oxygens (including phenoxy) is 1. The Balaban J connectivity index is 1.33. The predicted molar refractivity (Wildman–Crippen MR) is 115 cm³/mol. The van der Waals surface area contributed by atoms with Crippen LogP contribution >= 0.6 is 11.3 Å². The molecule has 8 heteroatoms. The third-order valence-electron chi connectivity index (χ3n) is 4.80. The molecule has 0 aliphatic carbocycles. The van der Waals surface area contributed by atoms with Crippen molar-refractivity contribution in [3.63, 3.8) is 0 Å². The van der Waals surface area contributed by atoms with Crippen LogP contribution in [0.3, 0.4) is 0 Å². The molecule has 0 radical (unpaired) electrons. The average molecular weight is 423 g/mol. The molecule has 154 valence electrons. The molecule has 0 bridgehead atoms. The van der Waals surface area contributed by atoms with Gasteiger partial charge >= 0.3 is 0 Å². The van der Waals surface area contributed by atoms with E-state index < -0.39 is 0 Å². The zero-order valence-corrected chi connectivity index (χ0v) is 17.4. The molecule has 30 heavy (non-hydrogen) atoms. The lowest BCUT2D eigenvalue weighted by Crippen LogP contribution is -2.27. The number of hydrogen-bond donors (Lipinski definition) is 1. The van der Waals surface area contributed by atoms with E-state index in [0.29, 0.717) is 16.3 Å². The fourth-order valence-corrected chi connectivity index (χ4v) is 3.89. The van der Waals surface area contributed by atoms with Gasteiger partial charge in [-0.2, -0.15) is 0 Å². The average Bonchev–Trinajstić information content (AvgIpc) is 3.45. The van der Waals surface area contributed by atoms with Crippen molar-refractivity contribution in [3.8, 4) is 5.75 Å². The van der Waals surface area contributed by atoms with Crippen molar-refractivity contribution in [1.82, 2.24) is 15.1 Å². The normalized spacial score (nSPS) is 13.3. The van der Waals surface area contributed by atoms with Crippen molar-refractivity contribution in [3.05, 3.63) is 69.7 Å². The zero-order valence-electron chi connectivity index (χ0n) is 16.6. The van der Waals surface area contributed by atoms with Gasteiger partial charge < -0.3 is 15.0 Å². The SMILES string of the molecule is Cc1cccc(OCc2nnc(C(=O)Nc3ccc(C(=O)N4CCCC4)cc3)s2)c1. The predicted octanol–water partition coefficient (Wildman–Crippen LogP) is 3.91. The monoisotopic (exact) mass is 422 g/mol. The number of likely N-dealkylation sites (tertiary alicyclic amines) is 1. The second-order valence-corrected chi connectivity index (χ2v) is 8.20. The van der Waals surface area contributed by atoms with E-state index >= 15 is 0 Å². The number of nitrogens with zero attached hydrogens (tertiary/aromatic N) is 3. The fraction of sp³-hybridized carbons (Fsp3) is 0.273. The third kappa shape index (κ3) is 4.83. The first kappa shape index (κ1) is 20.0. The molecule has 0 saturated carbocycles. The van der Waals surface area contributed by atoms with Gasteiger partial charge in [-0.1, -0.05) is 23.5 Å². The number of benzene rings is 2. The van der Waals surface area contributed by atoms with E-state index in [1.807, 2.05) is 36.1 Å². The Bertz CT molecular complexity index is 1040. The highest BCUT2D eigenvalue weighted by atomic mass is 32.1. The Morgan fingerprint density at radius 1 is 1.10 bits per heavy atom. The summed E-state index contributed by atoms with van der Waals surface area (Å²) in [5.74, 6) is 0.445. The van der Waals surface area contributed by atoms with Gasteiger partial charge in [-0.3, -0.25) is 9.59 Å². The molecular weight excluding hydrogens is 400 g/mol. The lowest BCUT2D eigenvalue weighted by Gasteiger charge is -2.15. The molecule has 7 nitrogen and oxygen atoms in total. The summed E-state index contributed by atoms with van der Waals surface area (Å²) in [6.07, 6.45) is 2.11. The minimum atomic E-state index is -0.340. The van der Waals surface area contributed by atoms with Crippen LogP contribution in [0, 0.1) is 6.92 Å². The van der Waals surface area contributed by atoms with E-state index in [9.17, 15) is 9.59 Å². The number of nitrogens with one attached hydrogen (secondary N) is 1. The van der Waals surface area contributed by atoms with Crippen LogP contribution < -0.4 is 10.1 Å². The van der Waals surface area contributed by atoms with E-state index in [0.717, 1.165) is 37.2 Å². The first-order valence-corrected chi connectivity index (χ1v) is 10.6. The fourth-order valence-electron chi connectivity index (χ4n) is 3.24. The summed E-state index contributed by atoms with van der Waals surface area (Å²) in [6, 6.07) is 14.7. The van der Waals surface area contributed by atoms with Gasteiger partial charge in [0.05, 0.1) is 0 Å². The van der Waals surface area contributed by atoms with E-state index in [4.69, 9.17) is 4.74 Å². The molecule has 0 unspecified atom stereocenters. The first-order chi connectivity index (χ1) is 14.6. The summed E-state index contributed by atoms with van der Waals surface area (Å²) in [7, 11) is 0. The quantitative estimate of drug-likeness (QED) is 0.651. The molecule has 0 atom stereocenters. The lowest BCUT2D eigenvalue weighted by atomic mass is 10.2. The van der Waals surface area contributed by atoms with Crippen LogP contribution in [0.2, 0.25) is 0 Å². The maximum atomic E-state index is 12.5. The Morgan fingerprint density at radius 3 is 2.60 bits per heavy atom. The minimum Gasteiger partial charge on any atom is -0.486 e. The molecule has 1 aromatic heterocycles. The van der Waals surface area contributed by atoms with Crippen molar-refractivity contribution >= 4 is 28.8 Å². The van der Waals surface area contributed by atoms with E-state index in [2.05, 4.69) is 15.5 Å². The summed E-state index contributed by atoms with van der Waals surface area (Å²) in [6.45, 7) is 3.87. The summed E-state index contributed by atoms with van der Waals surface area (Å²) in [5, 5.41) is 11.7. The Morgan fingerprint density at radius 2 is 1.87 bits per heavy atom. The first-order valence-electron chi connectivity index (χ1n) is 9.81. The van der Waals surface area contributed by atoms with Crippen molar-refractivity contribution in [2.24, 2.45) is 0 Å². The molecule has 1 aliphatic rings. The second-order valence-electron chi connectivity index (χ2n) is 7.14.